The third-order valence-corrected chi connectivity index (χ3v) is 6.83. The fourth-order valence-corrected chi connectivity index (χ4v) is 5.01. The molecule has 0 unspecified atom stereocenters. The molecule has 5 rings (SSSR count). The quantitative estimate of drug-likeness (QED) is 0.503. The summed E-state index contributed by atoms with van der Waals surface area (Å²) in [4.78, 5) is 19.6. The fraction of sp³-hybridized carbons (Fsp3) is 0.444. The summed E-state index contributed by atoms with van der Waals surface area (Å²) in [5.74, 6) is 1.35. The van der Waals surface area contributed by atoms with Crippen LogP contribution in [0, 0.1) is 0 Å². The van der Waals surface area contributed by atoms with E-state index in [1.54, 1.807) is 6.07 Å². The number of rotatable bonds is 7. The van der Waals surface area contributed by atoms with Crippen molar-refractivity contribution < 1.29 is 14.1 Å². The molecule has 1 atom stereocenters. The lowest BCUT2D eigenvalue weighted by molar-refractivity contribution is 0.0591. The van der Waals surface area contributed by atoms with E-state index in [4.69, 9.17) is 9.26 Å². The third kappa shape index (κ3) is 5.27. The van der Waals surface area contributed by atoms with E-state index in [1.807, 2.05) is 35.4 Å². The van der Waals surface area contributed by atoms with Crippen molar-refractivity contribution in [1.82, 2.24) is 15.0 Å². The zero-order valence-corrected chi connectivity index (χ0v) is 19.0. The Morgan fingerprint density at radius 2 is 1.97 bits per heavy atom. The van der Waals surface area contributed by atoms with Gasteiger partial charge >= 0.3 is 0 Å². The van der Waals surface area contributed by atoms with Crippen molar-refractivity contribution in [3.8, 4) is 5.75 Å². The Morgan fingerprint density at radius 3 is 2.85 bits per heavy atom. The number of carbonyl (C=O) groups is 1. The van der Waals surface area contributed by atoms with Gasteiger partial charge in [0, 0.05) is 30.5 Å². The van der Waals surface area contributed by atoms with E-state index in [0.717, 1.165) is 62.9 Å². The maximum atomic E-state index is 13.2. The van der Waals surface area contributed by atoms with Crippen molar-refractivity contribution >= 4 is 5.91 Å². The number of aryl methyl sites for hydroxylation is 3. The Hall–Kier alpha value is -3.15. The van der Waals surface area contributed by atoms with Gasteiger partial charge < -0.3 is 14.2 Å². The Labute approximate surface area is 194 Å². The normalized spacial score (nSPS) is 18.1. The second-order valence-corrected chi connectivity index (χ2v) is 9.11. The number of aromatic nitrogens is 2. The van der Waals surface area contributed by atoms with Gasteiger partial charge in [0.15, 0.2) is 11.5 Å². The average Bonchev–Trinajstić information content (AvgIpc) is 3.36. The SMILES string of the molecule is O=C(c1cc(COc2ccc3c(c2)CCCC3)on1)N1CCCC[C@@H]1CCc1ccccn1. The first kappa shape index (κ1) is 21.7. The fourth-order valence-electron chi connectivity index (χ4n) is 5.01. The molecule has 2 aliphatic rings. The second-order valence-electron chi connectivity index (χ2n) is 9.11. The number of carbonyl (C=O) groups excluding carboxylic acids is 1. The molecule has 3 heterocycles. The zero-order valence-electron chi connectivity index (χ0n) is 19.0. The van der Waals surface area contributed by atoms with Crippen molar-refractivity contribution in [2.24, 2.45) is 0 Å². The maximum absolute atomic E-state index is 13.2. The molecule has 1 fully saturated rings. The third-order valence-electron chi connectivity index (χ3n) is 6.83. The minimum absolute atomic E-state index is 0.0514. The molecular weight excluding hydrogens is 414 g/mol. The van der Waals surface area contributed by atoms with Crippen LogP contribution in [0.1, 0.15) is 71.6 Å². The van der Waals surface area contributed by atoms with Crippen molar-refractivity contribution in [2.45, 2.75) is 70.4 Å². The van der Waals surface area contributed by atoms with Gasteiger partial charge in [0.25, 0.3) is 5.91 Å². The number of hydrogen-bond donors (Lipinski definition) is 0. The molecule has 6 heteroatoms. The average molecular weight is 446 g/mol. The summed E-state index contributed by atoms with van der Waals surface area (Å²) in [6.45, 7) is 1.03. The molecule has 33 heavy (non-hydrogen) atoms. The Balaban J connectivity index is 1.19. The Kier molecular flexibility index (Phi) is 6.70. The molecule has 172 valence electrons. The summed E-state index contributed by atoms with van der Waals surface area (Å²) in [7, 11) is 0. The molecule has 3 aromatic rings. The Bertz CT molecular complexity index is 1080. The molecule has 0 bridgehead atoms. The van der Waals surface area contributed by atoms with Gasteiger partial charge in [-0.15, -0.1) is 0 Å². The van der Waals surface area contributed by atoms with Gasteiger partial charge in [-0.25, -0.2) is 0 Å². The largest absolute Gasteiger partial charge is 0.486 e. The smallest absolute Gasteiger partial charge is 0.276 e. The van der Waals surface area contributed by atoms with Crippen LogP contribution in [0.4, 0.5) is 0 Å². The summed E-state index contributed by atoms with van der Waals surface area (Å²) in [6.07, 6.45) is 11.6. The van der Waals surface area contributed by atoms with Gasteiger partial charge in [-0.3, -0.25) is 9.78 Å². The summed E-state index contributed by atoms with van der Waals surface area (Å²) < 4.78 is 11.4. The topological polar surface area (TPSA) is 68.5 Å². The molecule has 1 amide bonds. The van der Waals surface area contributed by atoms with E-state index in [0.29, 0.717) is 11.5 Å². The minimum Gasteiger partial charge on any atom is -0.486 e. The molecule has 1 aromatic carbocycles. The monoisotopic (exact) mass is 445 g/mol. The summed E-state index contributed by atoms with van der Waals surface area (Å²) in [5, 5.41) is 4.07. The number of ether oxygens (including phenoxy) is 1. The predicted molar refractivity (Wildman–Crippen MR) is 125 cm³/mol. The number of benzene rings is 1. The van der Waals surface area contributed by atoms with Crippen molar-refractivity contribution in [3.05, 3.63) is 76.9 Å². The van der Waals surface area contributed by atoms with Gasteiger partial charge in [-0.2, -0.15) is 0 Å². The molecule has 6 nitrogen and oxygen atoms in total. The van der Waals surface area contributed by atoms with E-state index in [2.05, 4.69) is 22.3 Å². The van der Waals surface area contributed by atoms with Crippen LogP contribution >= 0.6 is 0 Å². The van der Waals surface area contributed by atoms with E-state index in [-0.39, 0.29) is 18.6 Å². The number of amides is 1. The van der Waals surface area contributed by atoms with Crippen LogP contribution in [-0.2, 0) is 25.9 Å². The highest BCUT2D eigenvalue weighted by atomic mass is 16.5. The van der Waals surface area contributed by atoms with Gasteiger partial charge in [0.1, 0.15) is 12.4 Å². The highest BCUT2D eigenvalue weighted by Gasteiger charge is 2.29. The number of pyridine rings is 1. The van der Waals surface area contributed by atoms with E-state index in [1.165, 1.54) is 24.0 Å². The summed E-state index contributed by atoms with van der Waals surface area (Å²) in [6, 6.07) is 14.2. The number of likely N-dealkylation sites (tertiary alicyclic amines) is 1. The molecular formula is C27H31N3O3. The summed E-state index contributed by atoms with van der Waals surface area (Å²) >= 11 is 0. The maximum Gasteiger partial charge on any atom is 0.276 e. The highest BCUT2D eigenvalue weighted by Crippen LogP contribution is 2.26. The van der Waals surface area contributed by atoms with Crippen molar-refractivity contribution in [1.29, 1.82) is 0 Å². The van der Waals surface area contributed by atoms with Crippen molar-refractivity contribution in [2.75, 3.05) is 6.54 Å². The molecule has 0 spiro atoms. The summed E-state index contributed by atoms with van der Waals surface area (Å²) in [5.41, 5.74) is 4.25. The number of piperidine rings is 1. The molecule has 1 saturated heterocycles. The molecule has 1 aliphatic carbocycles. The van der Waals surface area contributed by atoms with E-state index in [9.17, 15) is 4.79 Å². The van der Waals surface area contributed by atoms with Gasteiger partial charge in [0.2, 0.25) is 0 Å². The highest BCUT2D eigenvalue weighted by molar-refractivity contribution is 5.92. The minimum atomic E-state index is -0.0514. The molecule has 0 N–H and O–H groups in total. The lowest BCUT2D eigenvalue weighted by Crippen LogP contribution is -2.44. The lowest BCUT2D eigenvalue weighted by Gasteiger charge is -2.35. The first-order chi connectivity index (χ1) is 16.3. The number of fused-ring (bicyclic) bond motifs is 1. The van der Waals surface area contributed by atoms with Crippen LogP contribution < -0.4 is 4.74 Å². The van der Waals surface area contributed by atoms with Crippen LogP contribution in [0.3, 0.4) is 0 Å². The number of nitrogens with zero attached hydrogens (tertiary/aromatic N) is 3. The van der Waals surface area contributed by atoms with Crippen LogP contribution in [0.15, 0.2) is 53.2 Å². The molecule has 2 aromatic heterocycles. The number of hydrogen-bond acceptors (Lipinski definition) is 5. The van der Waals surface area contributed by atoms with Crippen molar-refractivity contribution in [3.63, 3.8) is 0 Å². The first-order valence-corrected chi connectivity index (χ1v) is 12.2. The van der Waals surface area contributed by atoms with Gasteiger partial charge in [0.05, 0.1) is 0 Å². The standard InChI is InChI=1S/C27H31N3O3/c31-27(30-16-6-4-10-23(30)13-12-22-9-3-5-15-28-22)26-18-25(33-29-26)19-32-24-14-11-20-7-1-2-8-21(20)17-24/h3,5,9,11,14-15,17-18,23H,1-2,4,6-8,10,12-13,16,19H2/t23-/m1/s1. The van der Waals surface area contributed by atoms with E-state index >= 15 is 0 Å². The Morgan fingerprint density at radius 1 is 1.06 bits per heavy atom. The van der Waals surface area contributed by atoms with Crippen LogP contribution in [0.5, 0.6) is 5.75 Å². The molecule has 1 aliphatic heterocycles. The second kappa shape index (κ2) is 10.2. The lowest BCUT2D eigenvalue weighted by atomic mass is 9.92. The van der Waals surface area contributed by atoms with Crippen LogP contribution in [0.25, 0.3) is 0 Å². The zero-order chi connectivity index (χ0) is 22.5. The first-order valence-electron chi connectivity index (χ1n) is 12.2. The van der Waals surface area contributed by atoms with Gasteiger partial charge in [-0.05, 0) is 93.2 Å². The predicted octanol–water partition coefficient (Wildman–Crippen LogP) is 5.15. The van der Waals surface area contributed by atoms with Crippen LogP contribution in [0.2, 0.25) is 0 Å². The molecule has 0 radical (unpaired) electrons. The molecule has 0 saturated carbocycles. The van der Waals surface area contributed by atoms with Crippen LogP contribution in [-0.4, -0.2) is 33.5 Å². The van der Waals surface area contributed by atoms with Gasteiger partial charge in [-0.1, -0.05) is 17.3 Å². The van der Waals surface area contributed by atoms with E-state index < -0.39 is 0 Å².